The van der Waals surface area contributed by atoms with Crippen LogP contribution in [0.5, 0.6) is 0 Å². The van der Waals surface area contributed by atoms with Crippen LogP contribution in [0, 0.1) is 6.92 Å². The molecule has 0 saturated carbocycles. The Bertz CT molecular complexity index is 258. The van der Waals surface area contributed by atoms with Gasteiger partial charge in [0.2, 0.25) is 5.91 Å². The molecule has 11 heavy (non-hydrogen) atoms. The number of alkyl halides is 1. The van der Waals surface area contributed by atoms with Crippen molar-refractivity contribution in [2.45, 2.75) is 6.92 Å². The molecule has 0 radical (unpaired) electrons. The standard InChI is InChI=1S/C6H8BrN3O/c1-4-3-8-10-6(4)9-5(11)2-7/h3H,2H2,1H3,(H2,8,9,10,11). The monoisotopic (exact) mass is 217 g/mol. The minimum atomic E-state index is -0.0858. The molecule has 1 rings (SSSR count). The molecule has 0 fully saturated rings. The van der Waals surface area contributed by atoms with Crippen LogP contribution in [-0.4, -0.2) is 21.4 Å². The number of hydrogen-bond acceptors (Lipinski definition) is 2. The molecule has 0 bridgehead atoms. The average Bonchev–Trinajstić information content (AvgIpc) is 2.37. The van der Waals surface area contributed by atoms with Gasteiger partial charge in [-0.1, -0.05) is 15.9 Å². The summed E-state index contributed by atoms with van der Waals surface area (Å²) in [6, 6.07) is 0. The van der Waals surface area contributed by atoms with Crippen molar-refractivity contribution in [2.24, 2.45) is 0 Å². The maximum absolute atomic E-state index is 10.8. The molecule has 0 spiro atoms. The first kappa shape index (κ1) is 8.26. The lowest BCUT2D eigenvalue weighted by atomic mass is 10.4. The predicted octanol–water partition coefficient (Wildman–Crippen LogP) is 1.05. The average molecular weight is 218 g/mol. The molecule has 0 saturated heterocycles. The van der Waals surface area contributed by atoms with Crippen molar-refractivity contribution >= 4 is 27.7 Å². The summed E-state index contributed by atoms with van der Waals surface area (Å²) in [4.78, 5) is 10.8. The Morgan fingerprint density at radius 1 is 1.91 bits per heavy atom. The quantitative estimate of drug-likeness (QED) is 0.729. The number of hydrogen-bond donors (Lipinski definition) is 2. The van der Waals surface area contributed by atoms with E-state index in [9.17, 15) is 4.79 Å². The zero-order chi connectivity index (χ0) is 8.27. The highest BCUT2D eigenvalue weighted by Crippen LogP contribution is 2.07. The highest BCUT2D eigenvalue weighted by atomic mass is 79.9. The van der Waals surface area contributed by atoms with E-state index in [1.807, 2.05) is 6.92 Å². The first-order valence-corrected chi connectivity index (χ1v) is 4.22. The number of nitrogens with zero attached hydrogens (tertiary/aromatic N) is 1. The first-order chi connectivity index (χ1) is 5.24. The second-order valence-corrected chi connectivity index (χ2v) is 2.67. The number of aromatic amines is 1. The number of aryl methyl sites for hydroxylation is 1. The van der Waals surface area contributed by atoms with E-state index in [4.69, 9.17) is 0 Å². The molecule has 1 aromatic heterocycles. The molecular formula is C6H8BrN3O. The molecule has 4 nitrogen and oxygen atoms in total. The van der Waals surface area contributed by atoms with Crippen molar-refractivity contribution in [1.82, 2.24) is 10.2 Å². The molecular weight excluding hydrogens is 210 g/mol. The van der Waals surface area contributed by atoms with E-state index in [2.05, 4.69) is 31.4 Å². The van der Waals surface area contributed by atoms with Crippen LogP contribution in [0.3, 0.4) is 0 Å². The maximum atomic E-state index is 10.8. The van der Waals surface area contributed by atoms with Gasteiger partial charge in [0.25, 0.3) is 0 Å². The molecule has 0 atom stereocenters. The van der Waals surface area contributed by atoms with Crippen LogP contribution < -0.4 is 5.32 Å². The van der Waals surface area contributed by atoms with E-state index in [1.165, 1.54) is 0 Å². The van der Waals surface area contributed by atoms with Gasteiger partial charge in [0.1, 0.15) is 5.82 Å². The minimum absolute atomic E-state index is 0.0858. The van der Waals surface area contributed by atoms with Gasteiger partial charge in [-0.05, 0) is 6.92 Å². The summed E-state index contributed by atoms with van der Waals surface area (Å²) in [6.45, 7) is 1.87. The number of nitrogens with one attached hydrogen (secondary N) is 2. The van der Waals surface area contributed by atoms with Crippen molar-refractivity contribution in [2.75, 3.05) is 10.6 Å². The molecule has 0 unspecified atom stereocenters. The number of anilines is 1. The SMILES string of the molecule is Cc1cn[nH]c1NC(=O)CBr. The van der Waals surface area contributed by atoms with Crippen molar-refractivity contribution in [3.05, 3.63) is 11.8 Å². The topological polar surface area (TPSA) is 57.8 Å². The van der Waals surface area contributed by atoms with Crippen LogP contribution in [0.15, 0.2) is 6.20 Å². The van der Waals surface area contributed by atoms with Crippen LogP contribution in [0.4, 0.5) is 5.82 Å². The summed E-state index contributed by atoms with van der Waals surface area (Å²) in [5, 5.41) is 9.35. The highest BCUT2D eigenvalue weighted by molar-refractivity contribution is 9.09. The summed E-state index contributed by atoms with van der Waals surface area (Å²) >= 11 is 3.04. The second kappa shape index (κ2) is 3.52. The van der Waals surface area contributed by atoms with Gasteiger partial charge in [-0.25, -0.2) is 0 Å². The van der Waals surface area contributed by atoms with E-state index < -0.39 is 0 Å². The van der Waals surface area contributed by atoms with Gasteiger partial charge >= 0.3 is 0 Å². The smallest absolute Gasteiger partial charge is 0.236 e. The molecule has 0 aliphatic heterocycles. The van der Waals surface area contributed by atoms with Crippen molar-refractivity contribution < 1.29 is 4.79 Å². The molecule has 0 aromatic carbocycles. The first-order valence-electron chi connectivity index (χ1n) is 3.10. The fourth-order valence-electron chi connectivity index (χ4n) is 0.646. The van der Waals surface area contributed by atoms with Gasteiger partial charge in [-0.15, -0.1) is 0 Å². The largest absolute Gasteiger partial charge is 0.310 e. The summed E-state index contributed by atoms with van der Waals surface area (Å²) in [7, 11) is 0. The van der Waals surface area contributed by atoms with Crippen molar-refractivity contribution in [3.63, 3.8) is 0 Å². The summed E-state index contributed by atoms with van der Waals surface area (Å²) in [6.07, 6.45) is 1.66. The molecule has 0 aliphatic carbocycles. The molecule has 5 heteroatoms. The lowest BCUT2D eigenvalue weighted by Crippen LogP contribution is -2.13. The zero-order valence-corrected chi connectivity index (χ0v) is 7.60. The third-order valence-electron chi connectivity index (χ3n) is 1.21. The van der Waals surface area contributed by atoms with Crippen LogP contribution in [0.1, 0.15) is 5.56 Å². The lowest BCUT2D eigenvalue weighted by Gasteiger charge is -1.98. The predicted molar refractivity (Wildman–Crippen MR) is 45.7 cm³/mol. The van der Waals surface area contributed by atoms with Crippen molar-refractivity contribution in [1.29, 1.82) is 0 Å². The van der Waals surface area contributed by atoms with E-state index in [0.29, 0.717) is 11.1 Å². The number of amides is 1. The number of carbonyl (C=O) groups is 1. The maximum Gasteiger partial charge on any atom is 0.236 e. The number of halogens is 1. The van der Waals surface area contributed by atoms with Gasteiger partial charge < -0.3 is 5.32 Å². The normalized spacial score (nSPS) is 9.64. The van der Waals surface area contributed by atoms with Crippen LogP contribution in [0.25, 0.3) is 0 Å². The number of aromatic nitrogens is 2. The Morgan fingerprint density at radius 3 is 3.09 bits per heavy atom. The third kappa shape index (κ3) is 2.04. The van der Waals surface area contributed by atoms with Gasteiger partial charge in [0, 0.05) is 5.56 Å². The Balaban J connectivity index is 2.64. The zero-order valence-electron chi connectivity index (χ0n) is 6.02. The van der Waals surface area contributed by atoms with Crippen LogP contribution in [-0.2, 0) is 4.79 Å². The fraction of sp³-hybridized carbons (Fsp3) is 0.333. The fourth-order valence-corrected chi connectivity index (χ4v) is 0.786. The van der Waals surface area contributed by atoms with E-state index >= 15 is 0 Å². The van der Waals surface area contributed by atoms with Crippen molar-refractivity contribution in [3.8, 4) is 0 Å². The van der Waals surface area contributed by atoms with E-state index in [-0.39, 0.29) is 5.91 Å². The lowest BCUT2D eigenvalue weighted by molar-refractivity contribution is -0.113. The van der Waals surface area contributed by atoms with E-state index in [0.717, 1.165) is 5.56 Å². The van der Waals surface area contributed by atoms with Gasteiger partial charge in [-0.3, -0.25) is 9.89 Å². The van der Waals surface area contributed by atoms with E-state index in [1.54, 1.807) is 6.20 Å². The molecule has 60 valence electrons. The molecule has 1 heterocycles. The number of rotatable bonds is 2. The summed E-state index contributed by atoms with van der Waals surface area (Å²) in [5.41, 5.74) is 0.930. The van der Waals surface area contributed by atoms with Gasteiger partial charge in [-0.2, -0.15) is 5.10 Å². The Labute approximate surface area is 72.5 Å². The minimum Gasteiger partial charge on any atom is -0.310 e. The highest BCUT2D eigenvalue weighted by Gasteiger charge is 2.02. The van der Waals surface area contributed by atoms with Crippen LogP contribution in [0.2, 0.25) is 0 Å². The second-order valence-electron chi connectivity index (χ2n) is 2.11. The summed E-state index contributed by atoms with van der Waals surface area (Å²) < 4.78 is 0. The third-order valence-corrected chi connectivity index (χ3v) is 1.72. The van der Waals surface area contributed by atoms with Gasteiger partial charge in [0.05, 0.1) is 11.5 Å². The molecule has 1 aromatic rings. The van der Waals surface area contributed by atoms with Crippen LogP contribution >= 0.6 is 15.9 Å². The number of carbonyl (C=O) groups excluding carboxylic acids is 1. The Morgan fingerprint density at radius 2 is 2.64 bits per heavy atom. The summed E-state index contributed by atoms with van der Waals surface area (Å²) in [5.74, 6) is 0.576. The Hall–Kier alpha value is -0.840. The molecule has 1 amide bonds. The Kier molecular flexibility index (Phi) is 2.64. The number of H-pyrrole nitrogens is 1. The molecule has 0 aliphatic rings. The molecule has 2 N–H and O–H groups in total. The van der Waals surface area contributed by atoms with Gasteiger partial charge in [0.15, 0.2) is 0 Å².